The van der Waals surface area contributed by atoms with Crippen molar-refractivity contribution in [3.05, 3.63) is 20.8 Å². The molecule has 78 valence electrons. The first-order valence-corrected chi connectivity index (χ1v) is 5.91. The quantitative estimate of drug-likeness (QED) is 0.782. The standard InChI is InChI=1S/C10H8BrNO2S/c11-10-4-3-9(15-10)8(14)2-1-7(13)5-6-12/h3-4H,1-2,5H2. The fraction of sp³-hybridized carbons (Fsp3) is 0.300. The van der Waals surface area contributed by atoms with E-state index in [4.69, 9.17) is 5.26 Å². The Labute approximate surface area is 99.8 Å². The number of carbonyl (C=O) groups excluding carboxylic acids is 2. The Morgan fingerprint density at radius 3 is 2.67 bits per heavy atom. The van der Waals surface area contributed by atoms with Gasteiger partial charge in [0.1, 0.15) is 5.78 Å². The summed E-state index contributed by atoms with van der Waals surface area (Å²) in [5, 5.41) is 8.26. The first-order chi connectivity index (χ1) is 7.13. The van der Waals surface area contributed by atoms with E-state index >= 15 is 0 Å². The highest BCUT2D eigenvalue weighted by atomic mass is 79.9. The number of ketones is 2. The molecular formula is C10H8BrNO2S. The van der Waals surface area contributed by atoms with Crippen molar-refractivity contribution < 1.29 is 9.59 Å². The second-order valence-corrected chi connectivity index (χ2v) is 5.36. The number of hydrogen-bond acceptors (Lipinski definition) is 4. The zero-order chi connectivity index (χ0) is 11.3. The second-order valence-electron chi connectivity index (χ2n) is 2.90. The maximum Gasteiger partial charge on any atom is 0.173 e. The minimum absolute atomic E-state index is 0.0445. The van der Waals surface area contributed by atoms with Gasteiger partial charge in [-0.05, 0) is 28.1 Å². The number of nitrogens with zero attached hydrogens (tertiary/aromatic N) is 1. The van der Waals surface area contributed by atoms with Crippen molar-refractivity contribution in [2.45, 2.75) is 19.3 Å². The van der Waals surface area contributed by atoms with Gasteiger partial charge in [-0.15, -0.1) is 11.3 Å². The van der Waals surface area contributed by atoms with Crippen molar-refractivity contribution in [3.8, 4) is 6.07 Å². The van der Waals surface area contributed by atoms with E-state index in [0.717, 1.165) is 3.79 Å². The summed E-state index contributed by atoms with van der Waals surface area (Å²) in [7, 11) is 0. The fourth-order valence-corrected chi connectivity index (χ4v) is 2.37. The van der Waals surface area contributed by atoms with E-state index in [9.17, 15) is 9.59 Å². The molecule has 0 atom stereocenters. The van der Waals surface area contributed by atoms with Crippen LogP contribution in [0.2, 0.25) is 0 Å². The molecular weight excluding hydrogens is 278 g/mol. The molecule has 15 heavy (non-hydrogen) atoms. The third kappa shape index (κ3) is 3.94. The average Bonchev–Trinajstić information content (AvgIpc) is 2.62. The molecule has 0 aliphatic heterocycles. The van der Waals surface area contributed by atoms with Crippen LogP contribution in [0, 0.1) is 11.3 Å². The fourth-order valence-electron chi connectivity index (χ4n) is 1.02. The average molecular weight is 286 g/mol. The second kappa shape index (κ2) is 5.79. The first-order valence-electron chi connectivity index (χ1n) is 4.30. The van der Waals surface area contributed by atoms with Gasteiger partial charge >= 0.3 is 0 Å². The highest BCUT2D eigenvalue weighted by Gasteiger charge is 2.10. The lowest BCUT2D eigenvalue weighted by Gasteiger charge is -1.95. The molecule has 0 amide bonds. The van der Waals surface area contributed by atoms with E-state index in [1.807, 2.05) is 0 Å². The molecule has 0 fully saturated rings. The van der Waals surface area contributed by atoms with E-state index < -0.39 is 0 Å². The summed E-state index contributed by atoms with van der Waals surface area (Å²) < 4.78 is 0.897. The van der Waals surface area contributed by atoms with Crippen LogP contribution >= 0.6 is 27.3 Å². The van der Waals surface area contributed by atoms with Gasteiger partial charge in [0.25, 0.3) is 0 Å². The monoisotopic (exact) mass is 285 g/mol. The summed E-state index contributed by atoms with van der Waals surface area (Å²) in [4.78, 5) is 23.2. The van der Waals surface area contributed by atoms with E-state index in [2.05, 4.69) is 15.9 Å². The molecule has 1 aromatic rings. The van der Waals surface area contributed by atoms with Crippen molar-refractivity contribution in [1.29, 1.82) is 5.26 Å². The number of rotatable bonds is 5. The molecule has 0 spiro atoms. The van der Waals surface area contributed by atoms with Crippen molar-refractivity contribution in [2.24, 2.45) is 0 Å². The van der Waals surface area contributed by atoms with Gasteiger partial charge in [-0.3, -0.25) is 9.59 Å². The molecule has 1 aromatic heterocycles. The molecule has 0 N–H and O–H groups in total. The van der Waals surface area contributed by atoms with Crippen LogP contribution in [-0.2, 0) is 4.79 Å². The Balaban J connectivity index is 2.44. The van der Waals surface area contributed by atoms with Crippen LogP contribution in [0.25, 0.3) is 0 Å². The molecule has 5 heteroatoms. The van der Waals surface area contributed by atoms with Crippen LogP contribution in [0.3, 0.4) is 0 Å². The van der Waals surface area contributed by atoms with Crippen molar-refractivity contribution in [2.75, 3.05) is 0 Å². The van der Waals surface area contributed by atoms with Crippen LogP contribution in [0.15, 0.2) is 15.9 Å². The Bertz CT molecular complexity index is 419. The summed E-state index contributed by atoms with van der Waals surface area (Å²) in [5.41, 5.74) is 0. The van der Waals surface area contributed by atoms with E-state index in [1.54, 1.807) is 18.2 Å². The lowest BCUT2D eigenvalue weighted by atomic mass is 10.1. The van der Waals surface area contributed by atoms with Crippen LogP contribution in [0.4, 0.5) is 0 Å². The van der Waals surface area contributed by atoms with Gasteiger partial charge in [-0.1, -0.05) is 0 Å². The number of thiophene rings is 1. The zero-order valence-electron chi connectivity index (χ0n) is 7.83. The van der Waals surface area contributed by atoms with Gasteiger partial charge in [0.05, 0.1) is 21.2 Å². The van der Waals surface area contributed by atoms with Gasteiger partial charge in [0, 0.05) is 12.8 Å². The Morgan fingerprint density at radius 2 is 2.13 bits per heavy atom. The summed E-state index contributed by atoms with van der Waals surface area (Å²) in [6.45, 7) is 0. The Hall–Kier alpha value is -0.990. The first kappa shape index (κ1) is 12.1. The molecule has 0 unspecified atom stereocenters. The van der Waals surface area contributed by atoms with Crippen LogP contribution in [0.5, 0.6) is 0 Å². The van der Waals surface area contributed by atoms with Crippen LogP contribution < -0.4 is 0 Å². The molecule has 1 heterocycles. The Kier molecular flexibility index (Phi) is 4.66. The zero-order valence-corrected chi connectivity index (χ0v) is 10.2. The predicted octanol–water partition coefficient (Wildman–Crippen LogP) is 2.96. The van der Waals surface area contributed by atoms with E-state index in [-0.39, 0.29) is 30.8 Å². The maximum atomic E-state index is 11.5. The third-order valence-electron chi connectivity index (χ3n) is 1.76. The topological polar surface area (TPSA) is 57.9 Å². The maximum absolute atomic E-state index is 11.5. The van der Waals surface area contributed by atoms with Gasteiger partial charge < -0.3 is 0 Å². The highest BCUT2D eigenvalue weighted by Crippen LogP contribution is 2.23. The van der Waals surface area contributed by atoms with Gasteiger partial charge in [0.15, 0.2) is 5.78 Å². The highest BCUT2D eigenvalue weighted by molar-refractivity contribution is 9.11. The smallest absolute Gasteiger partial charge is 0.173 e. The number of nitriles is 1. The minimum Gasteiger partial charge on any atom is -0.299 e. The van der Waals surface area contributed by atoms with Gasteiger partial charge in [-0.2, -0.15) is 5.26 Å². The molecule has 0 saturated carbocycles. The van der Waals surface area contributed by atoms with Crippen molar-refractivity contribution >= 4 is 38.8 Å². The summed E-state index contributed by atoms with van der Waals surface area (Å²) >= 11 is 4.61. The van der Waals surface area contributed by atoms with Gasteiger partial charge in [0.2, 0.25) is 0 Å². The number of halogens is 1. The van der Waals surface area contributed by atoms with Crippen LogP contribution in [-0.4, -0.2) is 11.6 Å². The molecule has 3 nitrogen and oxygen atoms in total. The van der Waals surface area contributed by atoms with Crippen molar-refractivity contribution in [3.63, 3.8) is 0 Å². The summed E-state index contributed by atoms with van der Waals surface area (Å²) in [5.74, 6) is -0.224. The normalized spacial score (nSPS) is 9.60. The van der Waals surface area contributed by atoms with Crippen molar-refractivity contribution in [1.82, 2.24) is 0 Å². The summed E-state index contributed by atoms with van der Waals surface area (Å²) in [6, 6.07) is 5.30. The molecule has 0 aliphatic rings. The Morgan fingerprint density at radius 1 is 1.40 bits per heavy atom. The molecule has 0 aromatic carbocycles. The molecule has 0 aliphatic carbocycles. The third-order valence-corrected chi connectivity index (χ3v) is 3.42. The SMILES string of the molecule is N#CCC(=O)CCC(=O)c1ccc(Br)s1. The van der Waals surface area contributed by atoms with E-state index in [1.165, 1.54) is 11.3 Å². The number of carbonyl (C=O) groups is 2. The molecule has 1 rings (SSSR count). The van der Waals surface area contributed by atoms with Gasteiger partial charge in [-0.25, -0.2) is 0 Å². The minimum atomic E-state index is -0.179. The van der Waals surface area contributed by atoms with E-state index in [0.29, 0.717) is 4.88 Å². The lowest BCUT2D eigenvalue weighted by molar-refractivity contribution is -0.118. The number of Topliss-reactive ketones (excluding diaryl/α,β-unsaturated/α-hetero) is 2. The predicted molar refractivity (Wildman–Crippen MR) is 60.8 cm³/mol. The summed E-state index contributed by atoms with van der Waals surface area (Å²) in [6.07, 6.45) is 0.233. The largest absolute Gasteiger partial charge is 0.299 e. The molecule has 0 saturated heterocycles. The van der Waals surface area contributed by atoms with Crippen LogP contribution in [0.1, 0.15) is 28.9 Å². The molecule has 0 radical (unpaired) electrons. The molecule has 0 bridgehead atoms. The number of hydrogen-bond donors (Lipinski definition) is 0. The lowest BCUT2D eigenvalue weighted by Crippen LogP contribution is -2.02.